The molecule has 3 heterocycles. The van der Waals surface area contributed by atoms with Crippen molar-refractivity contribution in [1.82, 2.24) is 15.0 Å². The molecule has 2 fully saturated rings. The van der Waals surface area contributed by atoms with Gasteiger partial charge in [-0.05, 0) is 43.4 Å². The zero-order valence-corrected chi connectivity index (χ0v) is 18.5. The van der Waals surface area contributed by atoms with Gasteiger partial charge < -0.3 is 9.42 Å². The van der Waals surface area contributed by atoms with E-state index in [4.69, 9.17) is 4.52 Å². The van der Waals surface area contributed by atoms with Crippen LogP contribution in [0, 0.1) is 18.8 Å². The van der Waals surface area contributed by atoms with Gasteiger partial charge in [-0.3, -0.25) is 4.79 Å². The first-order chi connectivity index (χ1) is 15.8. The third-order valence-corrected chi connectivity index (χ3v) is 7.16. The summed E-state index contributed by atoms with van der Waals surface area (Å²) in [4.78, 5) is 19.8. The van der Waals surface area contributed by atoms with Crippen molar-refractivity contribution >= 4 is 17.0 Å². The number of alkyl halides is 3. The number of benzene rings is 1. The van der Waals surface area contributed by atoms with Gasteiger partial charge in [-0.2, -0.15) is 13.2 Å². The average Bonchev–Trinajstić information content (AvgIpc) is 3.46. The second-order valence-corrected chi connectivity index (χ2v) is 9.28. The third kappa shape index (κ3) is 4.23. The van der Waals surface area contributed by atoms with Gasteiger partial charge in [-0.25, -0.2) is 4.98 Å². The minimum Gasteiger partial charge on any atom is -0.338 e. The van der Waals surface area contributed by atoms with Gasteiger partial charge in [0.1, 0.15) is 0 Å². The highest BCUT2D eigenvalue weighted by Gasteiger charge is 2.34. The summed E-state index contributed by atoms with van der Waals surface area (Å²) in [5, 5.41) is 4.48. The van der Waals surface area contributed by atoms with E-state index in [2.05, 4.69) is 10.1 Å². The van der Waals surface area contributed by atoms with Crippen LogP contribution in [0.15, 0.2) is 34.9 Å². The number of hydrogen-bond donors (Lipinski definition) is 0. The Morgan fingerprint density at radius 2 is 1.88 bits per heavy atom. The first-order valence-electron chi connectivity index (χ1n) is 11.5. The summed E-state index contributed by atoms with van der Waals surface area (Å²) in [6.45, 7) is 3.15. The van der Waals surface area contributed by atoms with E-state index in [1.54, 1.807) is 19.1 Å². The fraction of sp³-hybridized carbons (Fsp3) is 0.480. The molecule has 3 aromatic rings. The summed E-state index contributed by atoms with van der Waals surface area (Å²) in [5.74, 6) is 1.05. The van der Waals surface area contributed by atoms with Crippen LogP contribution < -0.4 is 0 Å². The van der Waals surface area contributed by atoms with E-state index < -0.39 is 11.7 Å². The van der Waals surface area contributed by atoms with Crippen molar-refractivity contribution in [3.05, 3.63) is 47.2 Å². The Hall–Kier alpha value is -2.90. The summed E-state index contributed by atoms with van der Waals surface area (Å²) in [6, 6.07) is 6.53. The molecule has 1 amide bonds. The van der Waals surface area contributed by atoms with Crippen molar-refractivity contribution < 1.29 is 22.5 Å². The molecule has 33 heavy (non-hydrogen) atoms. The van der Waals surface area contributed by atoms with E-state index >= 15 is 0 Å². The van der Waals surface area contributed by atoms with Crippen LogP contribution in [-0.4, -0.2) is 34.0 Å². The van der Waals surface area contributed by atoms with Crippen LogP contribution >= 0.6 is 0 Å². The molecule has 2 aromatic heterocycles. The molecule has 1 saturated carbocycles. The van der Waals surface area contributed by atoms with Gasteiger partial charge in [0, 0.05) is 18.7 Å². The molecule has 2 aliphatic rings. The largest absolute Gasteiger partial charge is 0.416 e. The number of carbonyl (C=O) groups excluding carboxylic acids is 1. The Balaban J connectivity index is 1.49. The molecule has 1 aromatic carbocycles. The van der Waals surface area contributed by atoms with Crippen molar-refractivity contribution in [3.8, 4) is 11.3 Å². The minimum atomic E-state index is -4.47. The van der Waals surface area contributed by atoms with Gasteiger partial charge in [0.25, 0.3) is 11.6 Å². The lowest BCUT2D eigenvalue weighted by molar-refractivity contribution is -0.137. The summed E-state index contributed by atoms with van der Waals surface area (Å²) in [7, 11) is 0. The van der Waals surface area contributed by atoms with Gasteiger partial charge in [-0.1, -0.05) is 49.4 Å². The van der Waals surface area contributed by atoms with Crippen LogP contribution in [0.1, 0.15) is 60.1 Å². The Kier molecular flexibility index (Phi) is 5.62. The Morgan fingerprint density at radius 1 is 1.09 bits per heavy atom. The molecule has 1 saturated heterocycles. The maximum atomic E-state index is 13.6. The van der Waals surface area contributed by atoms with Crippen LogP contribution in [0.3, 0.4) is 0 Å². The van der Waals surface area contributed by atoms with Gasteiger partial charge in [0.2, 0.25) is 0 Å². The first kappa shape index (κ1) is 21.9. The van der Waals surface area contributed by atoms with Crippen molar-refractivity contribution in [2.45, 2.75) is 51.6 Å². The molecule has 5 nitrogen and oxygen atoms in total. The van der Waals surface area contributed by atoms with Crippen LogP contribution in [0.4, 0.5) is 13.2 Å². The number of fused-ring (bicyclic) bond motifs is 1. The highest BCUT2D eigenvalue weighted by molar-refractivity contribution is 6.07. The van der Waals surface area contributed by atoms with Crippen LogP contribution in [0.25, 0.3) is 22.4 Å². The fourth-order valence-corrected chi connectivity index (χ4v) is 5.40. The number of nitrogens with zero attached hydrogens (tertiary/aromatic N) is 3. The standard InChI is InChI=1S/C25H26F3N3O2/c1-15-22-20(24(32)31-11-10-18(14-31)16-6-3-2-4-7-16)13-21(29-23(22)33-30-15)17-8-5-9-19(12-17)25(26,27)28/h5,8-9,12-13,16,18H,2-4,6-7,10-11,14H2,1H3. The number of aromatic nitrogens is 2. The molecule has 174 valence electrons. The van der Waals surface area contributed by atoms with E-state index in [0.29, 0.717) is 35.0 Å². The zero-order chi connectivity index (χ0) is 23.2. The lowest BCUT2D eigenvalue weighted by atomic mass is 9.80. The predicted molar refractivity (Wildman–Crippen MR) is 118 cm³/mol. The molecule has 8 heteroatoms. The normalized spacial score (nSPS) is 20.0. The molecule has 5 rings (SSSR count). The summed E-state index contributed by atoms with van der Waals surface area (Å²) >= 11 is 0. The van der Waals surface area contributed by atoms with Gasteiger partial charge in [-0.15, -0.1) is 0 Å². The monoisotopic (exact) mass is 457 g/mol. The number of likely N-dealkylation sites (tertiary alicyclic amines) is 1. The molecule has 0 bridgehead atoms. The lowest BCUT2D eigenvalue weighted by Crippen LogP contribution is -2.30. The Bertz CT molecular complexity index is 1180. The van der Waals surface area contributed by atoms with Crippen LogP contribution in [-0.2, 0) is 6.18 Å². The smallest absolute Gasteiger partial charge is 0.338 e. The molecule has 1 unspecified atom stereocenters. The molecule has 1 atom stereocenters. The van der Waals surface area contributed by atoms with E-state index in [1.807, 2.05) is 4.90 Å². The number of carbonyl (C=O) groups is 1. The van der Waals surface area contributed by atoms with Crippen molar-refractivity contribution in [3.63, 3.8) is 0 Å². The summed E-state index contributed by atoms with van der Waals surface area (Å²) in [6.07, 6.45) is 2.82. The van der Waals surface area contributed by atoms with E-state index in [0.717, 1.165) is 25.1 Å². The van der Waals surface area contributed by atoms with E-state index in [-0.39, 0.29) is 22.9 Å². The number of halogens is 3. The topological polar surface area (TPSA) is 59.2 Å². The van der Waals surface area contributed by atoms with E-state index in [9.17, 15) is 18.0 Å². The Labute approximate surface area is 190 Å². The Morgan fingerprint density at radius 3 is 2.64 bits per heavy atom. The van der Waals surface area contributed by atoms with Crippen LogP contribution in [0.2, 0.25) is 0 Å². The first-order valence-corrected chi connectivity index (χ1v) is 11.5. The molecule has 1 aliphatic carbocycles. The number of rotatable bonds is 3. The highest BCUT2D eigenvalue weighted by Crippen LogP contribution is 2.37. The molecular formula is C25H26F3N3O2. The maximum Gasteiger partial charge on any atom is 0.416 e. The molecular weight excluding hydrogens is 431 g/mol. The zero-order valence-electron chi connectivity index (χ0n) is 18.5. The molecule has 0 radical (unpaired) electrons. The number of amides is 1. The third-order valence-electron chi connectivity index (χ3n) is 7.16. The van der Waals surface area contributed by atoms with E-state index in [1.165, 1.54) is 38.2 Å². The lowest BCUT2D eigenvalue weighted by Gasteiger charge is -2.27. The maximum absolute atomic E-state index is 13.6. The second kappa shape index (κ2) is 8.47. The number of hydrogen-bond acceptors (Lipinski definition) is 4. The molecule has 0 N–H and O–H groups in total. The van der Waals surface area contributed by atoms with Crippen molar-refractivity contribution in [1.29, 1.82) is 0 Å². The summed E-state index contributed by atoms with van der Waals surface area (Å²) < 4.78 is 45.0. The van der Waals surface area contributed by atoms with Gasteiger partial charge >= 0.3 is 6.18 Å². The molecule has 0 spiro atoms. The second-order valence-electron chi connectivity index (χ2n) is 9.28. The van der Waals surface area contributed by atoms with Gasteiger partial charge in [0.05, 0.1) is 27.9 Å². The van der Waals surface area contributed by atoms with Crippen molar-refractivity contribution in [2.24, 2.45) is 11.8 Å². The fourth-order valence-electron chi connectivity index (χ4n) is 5.40. The SMILES string of the molecule is Cc1noc2nc(-c3cccc(C(F)(F)F)c3)cc(C(=O)N3CCC(C4CCCCC4)C3)c12. The average molecular weight is 457 g/mol. The summed E-state index contributed by atoms with van der Waals surface area (Å²) in [5.41, 5.74) is 0.856. The number of aryl methyl sites for hydroxylation is 1. The van der Waals surface area contributed by atoms with Crippen LogP contribution in [0.5, 0.6) is 0 Å². The minimum absolute atomic E-state index is 0.139. The number of pyridine rings is 1. The quantitative estimate of drug-likeness (QED) is 0.466. The predicted octanol–water partition coefficient (Wildman–Crippen LogP) is 6.26. The van der Waals surface area contributed by atoms with Gasteiger partial charge in [0.15, 0.2) is 0 Å². The highest BCUT2D eigenvalue weighted by atomic mass is 19.4. The van der Waals surface area contributed by atoms with Crippen molar-refractivity contribution in [2.75, 3.05) is 13.1 Å². The molecule has 1 aliphatic heterocycles.